The first-order chi connectivity index (χ1) is 16.8. The molecule has 182 valence electrons. The topological polar surface area (TPSA) is 94.1 Å². The molecule has 5 rings (SSSR count). The van der Waals surface area contributed by atoms with E-state index in [4.69, 9.17) is 4.52 Å². The molecule has 0 atom stereocenters. The summed E-state index contributed by atoms with van der Waals surface area (Å²) in [5.41, 5.74) is 2.97. The number of halogens is 3. The summed E-state index contributed by atoms with van der Waals surface area (Å²) in [5.74, 6) is 1.06. The molecule has 1 N–H and O–H groups in total. The molecule has 0 saturated carbocycles. The molecule has 0 bridgehead atoms. The summed E-state index contributed by atoms with van der Waals surface area (Å²) in [7, 11) is 1.96. The van der Waals surface area contributed by atoms with Gasteiger partial charge in [-0.2, -0.15) is 10.1 Å². The Hall–Kier alpha value is -3.93. The molecule has 12 heteroatoms. The number of ether oxygens (including phenoxy) is 1. The van der Waals surface area contributed by atoms with Crippen molar-refractivity contribution in [2.45, 2.75) is 25.9 Å². The van der Waals surface area contributed by atoms with Crippen LogP contribution in [0, 0.1) is 6.92 Å². The maximum atomic E-state index is 12.4. The van der Waals surface area contributed by atoms with Gasteiger partial charge in [0.1, 0.15) is 11.6 Å². The van der Waals surface area contributed by atoms with Gasteiger partial charge in [-0.3, -0.25) is 4.68 Å². The highest BCUT2D eigenvalue weighted by Crippen LogP contribution is 2.27. The van der Waals surface area contributed by atoms with Crippen molar-refractivity contribution in [2.24, 2.45) is 0 Å². The summed E-state index contributed by atoms with van der Waals surface area (Å²) >= 11 is 0. The molecule has 4 aromatic rings. The van der Waals surface area contributed by atoms with Crippen LogP contribution in [0.15, 0.2) is 53.2 Å². The molecule has 1 aliphatic rings. The van der Waals surface area contributed by atoms with Crippen molar-refractivity contribution < 1.29 is 22.4 Å². The zero-order chi connectivity index (χ0) is 24.6. The molecule has 4 heterocycles. The van der Waals surface area contributed by atoms with Crippen LogP contribution in [-0.4, -0.2) is 57.4 Å². The molecule has 9 nitrogen and oxygen atoms in total. The number of alkyl halides is 3. The fourth-order valence-corrected chi connectivity index (χ4v) is 3.78. The second-order valence-corrected chi connectivity index (χ2v) is 8.24. The third-order valence-corrected chi connectivity index (χ3v) is 5.73. The Bertz CT molecular complexity index is 1310. The molecule has 0 radical (unpaired) electrons. The predicted molar refractivity (Wildman–Crippen MR) is 121 cm³/mol. The van der Waals surface area contributed by atoms with Crippen LogP contribution in [0.25, 0.3) is 23.0 Å². The van der Waals surface area contributed by atoms with Gasteiger partial charge in [0.2, 0.25) is 5.82 Å². The fraction of sp³-hybridized carbons (Fsp3) is 0.304. The van der Waals surface area contributed by atoms with Crippen molar-refractivity contribution >= 4 is 5.82 Å². The van der Waals surface area contributed by atoms with Crippen LogP contribution < -0.4 is 15.0 Å². The Kier molecular flexibility index (Phi) is 5.89. The van der Waals surface area contributed by atoms with Crippen molar-refractivity contribution in [3.63, 3.8) is 0 Å². The normalized spacial score (nSPS) is 14.3. The monoisotopic (exact) mass is 485 g/mol. The summed E-state index contributed by atoms with van der Waals surface area (Å²) in [5, 5.41) is 11.8. The summed E-state index contributed by atoms with van der Waals surface area (Å²) in [4.78, 5) is 11.0. The minimum atomic E-state index is -4.75. The van der Waals surface area contributed by atoms with Crippen LogP contribution in [0.1, 0.15) is 11.3 Å². The van der Waals surface area contributed by atoms with E-state index in [1.165, 1.54) is 24.3 Å². The van der Waals surface area contributed by atoms with Gasteiger partial charge in [-0.05, 0) is 62.0 Å². The third kappa shape index (κ3) is 5.11. The van der Waals surface area contributed by atoms with Crippen molar-refractivity contribution in [1.29, 1.82) is 0 Å². The Morgan fingerprint density at radius 3 is 2.63 bits per heavy atom. The molecule has 1 aromatic carbocycles. The van der Waals surface area contributed by atoms with Crippen LogP contribution in [0.3, 0.4) is 0 Å². The molecule has 0 unspecified atom stereocenters. The lowest BCUT2D eigenvalue weighted by Gasteiger charge is -2.40. The minimum absolute atomic E-state index is 0.214. The summed E-state index contributed by atoms with van der Waals surface area (Å²) in [6, 6.07) is 11.6. The number of aryl methyl sites for hydroxylation is 1. The second-order valence-electron chi connectivity index (χ2n) is 8.24. The van der Waals surface area contributed by atoms with Gasteiger partial charge in [0.15, 0.2) is 5.69 Å². The number of nitrogens with zero attached hydrogens (tertiary/aromatic N) is 6. The zero-order valence-electron chi connectivity index (χ0n) is 19.0. The van der Waals surface area contributed by atoms with E-state index in [0.717, 1.165) is 30.2 Å². The van der Waals surface area contributed by atoms with E-state index in [9.17, 15) is 13.2 Å². The van der Waals surface area contributed by atoms with Gasteiger partial charge in [0.25, 0.3) is 5.89 Å². The van der Waals surface area contributed by atoms with Gasteiger partial charge in [0, 0.05) is 36.6 Å². The minimum Gasteiger partial charge on any atom is -0.406 e. The maximum Gasteiger partial charge on any atom is 0.573 e. The SMILES string of the molecule is CNC1CN(c2cc(Cn3nc(-c4nc(-c5ccc(OC(F)(F)F)cc5)no4)cc3C)ccn2)C1. The number of hydrogen-bond donors (Lipinski definition) is 1. The number of anilines is 1. The Morgan fingerprint density at radius 1 is 1.14 bits per heavy atom. The number of aromatic nitrogens is 5. The van der Waals surface area contributed by atoms with E-state index in [2.05, 4.69) is 41.2 Å². The molecule has 0 spiro atoms. The molecule has 1 aliphatic heterocycles. The largest absolute Gasteiger partial charge is 0.573 e. The molecule has 3 aromatic heterocycles. The van der Waals surface area contributed by atoms with Gasteiger partial charge >= 0.3 is 6.36 Å². The quantitative estimate of drug-likeness (QED) is 0.424. The van der Waals surface area contributed by atoms with E-state index in [0.29, 0.717) is 23.8 Å². The predicted octanol–water partition coefficient (Wildman–Crippen LogP) is 3.66. The lowest BCUT2D eigenvalue weighted by Crippen LogP contribution is -2.57. The van der Waals surface area contributed by atoms with Gasteiger partial charge in [-0.1, -0.05) is 5.16 Å². The van der Waals surface area contributed by atoms with Gasteiger partial charge in [-0.15, -0.1) is 13.2 Å². The van der Waals surface area contributed by atoms with Crippen molar-refractivity contribution in [3.8, 4) is 28.7 Å². The van der Waals surface area contributed by atoms with Crippen LogP contribution in [-0.2, 0) is 6.54 Å². The lowest BCUT2D eigenvalue weighted by molar-refractivity contribution is -0.274. The molecule has 0 amide bonds. The lowest BCUT2D eigenvalue weighted by atomic mass is 10.1. The standard InChI is InChI=1S/C23H22F3N7O2/c1-14-9-19(22-29-21(31-35-22)16-3-5-18(6-4-16)34-23(24,25)26)30-33(14)11-15-7-8-28-20(10-15)32-12-17(13-32)27-2/h3-10,17,27H,11-13H2,1-2H3. The maximum absolute atomic E-state index is 12.4. The van der Waals surface area contributed by atoms with E-state index in [1.807, 2.05) is 30.8 Å². The highest BCUT2D eigenvalue weighted by Gasteiger charge is 2.31. The molecule has 1 saturated heterocycles. The number of pyridine rings is 1. The zero-order valence-corrected chi connectivity index (χ0v) is 19.0. The highest BCUT2D eigenvalue weighted by atomic mass is 19.4. The first kappa shape index (κ1) is 22.8. The van der Waals surface area contributed by atoms with Gasteiger partial charge in [0.05, 0.1) is 6.54 Å². The average molecular weight is 485 g/mol. The van der Waals surface area contributed by atoms with Crippen molar-refractivity contribution in [3.05, 3.63) is 59.9 Å². The van der Waals surface area contributed by atoms with Crippen molar-refractivity contribution in [2.75, 3.05) is 25.0 Å². The van der Waals surface area contributed by atoms with Crippen LogP contribution in [0.4, 0.5) is 19.0 Å². The second kappa shape index (κ2) is 9.02. The van der Waals surface area contributed by atoms with Crippen LogP contribution in [0.2, 0.25) is 0 Å². The van der Waals surface area contributed by atoms with E-state index in [-0.39, 0.29) is 17.5 Å². The van der Waals surface area contributed by atoms with Gasteiger partial charge < -0.3 is 19.5 Å². The first-order valence-corrected chi connectivity index (χ1v) is 10.9. The van der Waals surface area contributed by atoms with Crippen LogP contribution >= 0.6 is 0 Å². The number of rotatable bonds is 7. The first-order valence-electron chi connectivity index (χ1n) is 10.9. The summed E-state index contributed by atoms with van der Waals surface area (Å²) in [6.45, 7) is 4.33. The number of nitrogens with one attached hydrogen (secondary N) is 1. The number of benzene rings is 1. The molecule has 1 fully saturated rings. The van der Waals surface area contributed by atoms with Crippen molar-refractivity contribution in [1.82, 2.24) is 30.2 Å². The number of hydrogen-bond acceptors (Lipinski definition) is 8. The van der Waals surface area contributed by atoms with E-state index < -0.39 is 6.36 Å². The highest BCUT2D eigenvalue weighted by molar-refractivity contribution is 5.59. The van der Waals surface area contributed by atoms with Gasteiger partial charge in [-0.25, -0.2) is 4.98 Å². The van der Waals surface area contributed by atoms with Crippen LogP contribution in [0.5, 0.6) is 5.75 Å². The average Bonchev–Trinajstić information content (AvgIpc) is 3.40. The smallest absolute Gasteiger partial charge is 0.406 e. The fourth-order valence-electron chi connectivity index (χ4n) is 3.78. The molecular formula is C23H22F3N7O2. The van der Waals surface area contributed by atoms with E-state index >= 15 is 0 Å². The summed E-state index contributed by atoms with van der Waals surface area (Å²) < 4.78 is 48.1. The molecular weight excluding hydrogens is 463 g/mol. The third-order valence-electron chi connectivity index (χ3n) is 5.73. The summed E-state index contributed by atoms with van der Waals surface area (Å²) in [6.07, 6.45) is -2.95. The number of likely N-dealkylation sites (N-methyl/N-ethyl adjacent to an activating group) is 1. The Balaban J connectivity index is 1.29. The Morgan fingerprint density at radius 2 is 1.91 bits per heavy atom. The molecule has 35 heavy (non-hydrogen) atoms. The Labute approximate surface area is 198 Å². The molecule has 0 aliphatic carbocycles. The van der Waals surface area contributed by atoms with E-state index in [1.54, 1.807) is 6.20 Å².